The van der Waals surface area contributed by atoms with E-state index in [1.54, 1.807) is 41.2 Å². The number of nitrogens with zero attached hydrogens (tertiary/aromatic N) is 2. The lowest BCUT2D eigenvalue weighted by atomic mass is 10.4. The van der Waals surface area contributed by atoms with Crippen molar-refractivity contribution in [1.29, 1.82) is 0 Å². The highest BCUT2D eigenvalue weighted by molar-refractivity contribution is 7.89. The second kappa shape index (κ2) is 5.79. The standard InChI is InChI=1S/C12H15N3O2S/c16-18(17,12-6-2-1-3-7-12)14-9-5-11-15-10-4-8-13-15/h1-4,6-8,10,14H,5,9,11H2. The molecule has 0 aliphatic carbocycles. The molecule has 1 aromatic heterocycles. The molecule has 2 aromatic rings. The summed E-state index contributed by atoms with van der Waals surface area (Å²) in [5.41, 5.74) is 0. The van der Waals surface area contributed by atoms with Gasteiger partial charge in [-0.3, -0.25) is 4.68 Å². The number of nitrogens with one attached hydrogen (secondary N) is 1. The van der Waals surface area contributed by atoms with E-state index in [4.69, 9.17) is 0 Å². The fraction of sp³-hybridized carbons (Fsp3) is 0.250. The van der Waals surface area contributed by atoms with Gasteiger partial charge in [-0.15, -0.1) is 0 Å². The molecule has 18 heavy (non-hydrogen) atoms. The zero-order chi connectivity index (χ0) is 12.8. The number of hydrogen-bond donors (Lipinski definition) is 1. The minimum absolute atomic E-state index is 0.295. The van der Waals surface area contributed by atoms with Gasteiger partial charge in [-0.1, -0.05) is 18.2 Å². The molecule has 0 radical (unpaired) electrons. The van der Waals surface area contributed by atoms with Crippen molar-refractivity contribution in [2.24, 2.45) is 0 Å². The lowest BCUT2D eigenvalue weighted by Crippen LogP contribution is -2.25. The van der Waals surface area contributed by atoms with E-state index >= 15 is 0 Å². The van der Waals surface area contributed by atoms with E-state index in [-0.39, 0.29) is 0 Å². The van der Waals surface area contributed by atoms with Crippen LogP contribution in [-0.4, -0.2) is 24.7 Å². The van der Waals surface area contributed by atoms with Crippen LogP contribution in [-0.2, 0) is 16.6 Å². The summed E-state index contributed by atoms with van der Waals surface area (Å²) >= 11 is 0. The Labute approximate surface area is 107 Å². The minimum Gasteiger partial charge on any atom is -0.273 e. The van der Waals surface area contributed by atoms with E-state index in [0.717, 1.165) is 0 Å². The maximum atomic E-state index is 11.9. The Bertz CT molecular complexity index is 565. The second-order valence-electron chi connectivity index (χ2n) is 3.83. The molecular formula is C12H15N3O2S. The Morgan fingerprint density at radius 1 is 1.17 bits per heavy atom. The molecule has 96 valence electrons. The SMILES string of the molecule is O=S(=O)(NCCCn1cccn1)c1ccccc1. The average molecular weight is 265 g/mol. The van der Waals surface area contributed by atoms with Crippen molar-refractivity contribution >= 4 is 10.0 Å². The van der Waals surface area contributed by atoms with Gasteiger partial charge >= 0.3 is 0 Å². The molecule has 2 rings (SSSR count). The van der Waals surface area contributed by atoms with E-state index in [1.807, 2.05) is 12.3 Å². The first-order valence-electron chi connectivity index (χ1n) is 5.71. The predicted molar refractivity (Wildman–Crippen MR) is 68.5 cm³/mol. The summed E-state index contributed by atoms with van der Waals surface area (Å²) in [4.78, 5) is 0.295. The number of benzene rings is 1. The summed E-state index contributed by atoms with van der Waals surface area (Å²) in [6, 6.07) is 10.2. The van der Waals surface area contributed by atoms with Crippen molar-refractivity contribution in [3.63, 3.8) is 0 Å². The van der Waals surface area contributed by atoms with Gasteiger partial charge in [0.15, 0.2) is 0 Å². The summed E-state index contributed by atoms with van der Waals surface area (Å²) in [7, 11) is -3.38. The third kappa shape index (κ3) is 3.41. The third-order valence-corrected chi connectivity index (χ3v) is 3.95. The van der Waals surface area contributed by atoms with Gasteiger partial charge in [0.2, 0.25) is 10.0 Å². The Morgan fingerprint density at radius 3 is 2.61 bits per heavy atom. The second-order valence-corrected chi connectivity index (χ2v) is 5.60. The van der Waals surface area contributed by atoms with Crippen molar-refractivity contribution < 1.29 is 8.42 Å². The van der Waals surface area contributed by atoms with E-state index in [2.05, 4.69) is 9.82 Å². The molecule has 0 aliphatic rings. The first kappa shape index (κ1) is 12.8. The summed E-state index contributed by atoms with van der Waals surface area (Å²) in [6.07, 6.45) is 4.26. The Morgan fingerprint density at radius 2 is 1.94 bits per heavy atom. The topological polar surface area (TPSA) is 64.0 Å². The van der Waals surface area contributed by atoms with E-state index in [0.29, 0.717) is 24.4 Å². The average Bonchev–Trinajstić information content (AvgIpc) is 2.89. The number of sulfonamides is 1. The molecule has 1 heterocycles. The summed E-state index contributed by atoms with van der Waals surface area (Å²) in [6.45, 7) is 1.10. The molecule has 1 aromatic carbocycles. The highest BCUT2D eigenvalue weighted by Crippen LogP contribution is 2.06. The van der Waals surface area contributed by atoms with Crippen molar-refractivity contribution in [2.45, 2.75) is 17.9 Å². The van der Waals surface area contributed by atoms with Crippen LogP contribution in [0.4, 0.5) is 0 Å². The van der Waals surface area contributed by atoms with Gasteiger partial charge in [0.1, 0.15) is 0 Å². The molecular weight excluding hydrogens is 250 g/mol. The molecule has 0 spiro atoms. The van der Waals surface area contributed by atoms with Crippen LogP contribution < -0.4 is 4.72 Å². The largest absolute Gasteiger partial charge is 0.273 e. The smallest absolute Gasteiger partial charge is 0.240 e. The van der Waals surface area contributed by atoms with Crippen LogP contribution in [0.1, 0.15) is 6.42 Å². The monoisotopic (exact) mass is 265 g/mol. The minimum atomic E-state index is -3.38. The lowest BCUT2D eigenvalue weighted by Gasteiger charge is -2.06. The van der Waals surface area contributed by atoms with Crippen molar-refractivity contribution in [3.05, 3.63) is 48.8 Å². The van der Waals surface area contributed by atoms with Crippen LogP contribution in [0.3, 0.4) is 0 Å². The number of aryl methyl sites for hydroxylation is 1. The molecule has 1 N–H and O–H groups in total. The van der Waals surface area contributed by atoms with Crippen LogP contribution in [0.5, 0.6) is 0 Å². The third-order valence-electron chi connectivity index (χ3n) is 2.47. The molecule has 0 amide bonds. The van der Waals surface area contributed by atoms with Gasteiger partial charge < -0.3 is 0 Å². The fourth-order valence-corrected chi connectivity index (χ4v) is 2.66. The van der Waals surface area contributed by atoms with Gasteiger partial charge in [0, 0.05) is 25.5 Å². The predicted octanol–water partition coefficient (Wildman–Crippen LogP) is 1.25. The molecule has 5 nitrogen and oxygen atoms in total. The van der Waals surface area contributed by atoms with Crippen LogP contribution in [0.2, 0.25) is 0 Å². The van der Waals surface area contributed by atoms with E-state index < -0.39 is 10.0 Å². The maximum absolute atomic E-state index is 11.9. The van der Waals surface area contributed by atoms with Crippen LogP contribution >= 0.6 is 0 Å². The fourth-order valence-electron chi connectivity index (χ4n) is 1.56. The van der Waals surface area contributed by atoms with E-state index in [9.17, 15) is 8.42 Å². The maximum Gasteiger partial charge on any atom is 0.240 e. The summed E-state index contributed by atoms with van der Waals surface area (Å²) < 4.78 is 28.1. The molecule has 0 saturated carbocycles. The van der Waals surface area contributed by atoms with Gasteiger partial charge in [0.25, 0.3) is 0 Å². The van der Waals surface area contributed by atoms with Crippen molar-refractivity contribution in [2.75, 3.05) is 6.54 Å². The Balaban J connectivity index is 1.83. The van der Waals surface area contributed by atoms with Gasteiger partial charge in [-0.05, 0) is 24.6 Å². The normalized spacial score (nSPS) is 11.6. The summed E-state index contributed by atoms with van der Waals surface area (Å²) in [5, 5.41) is 4.05. The van der Waals surface area contributed by atoms with Crippen LogP contribution in [0.15, 0.2) is 53.7 Å². The highest BCUT2D eigenvalue weighted by Gasteiger charge is 2.11. The Hall–Kier alpha value is -1.66. The molecule has 0 atom stereocenters. The first-order chi connectivity index (χ1) is 8.68. The van der Waals surface area contributed by atoms with Gasteiger partial charge in [-0.2, -0.15) is 5.10 Å². The zero-order valence-electron chi connectivity index (χ0n) is 9.86. The zero-order valence-corrected chi connectivity index (χ0v) is 10.7. The number of aromatic nitrogens is 2. The van der Waals surface area contributed by atoms with Crippen LogP contribution in [0, 0.1) is 0 Å². The highest BCUT2D eigenvalue weighted by atomic mass is 32.2. The molecule has 0 aliphatic heterocycles. The van der Waals surface area contributed by atoms with Crippen LogP contribution in [0.25, 0.3) is 0 Å². The van der Waals surface area contributed by atoms with Gasteiger partial charge in [0.05, 0.1) is 4.90 Å². The van der Waals surface area contributed by atoms with Crippen molar-refractivity contribution in [3.8, 4) is 0 Å². The van der Waals surface area contributed by atoms with Gasteiger partial charge in [-0.25, -0.2) is 13.1 Å². The molecule has 6 heteroatoms. The molecule has 0 unspecified atom stereocenters. The lowest BCUT2D eigenvalue weighted by molar-refractivity contribution is 0.553. The van der Waals surface area contributed by atoms with E-state index in [1.165, 1.54) is 0 Å². The first-order valence-corrected chi connectivity index (χ1v) is 7.19. The molecule has 0 bridgehead atoms. The molecule has 0 saturated heterocycles. The molecule has 0 fully saturated rings. The number of rotatable bonds is 6. The Kier molecular flexibility index (Phi) is 4.11. The van der Waals surface area contributed by atoms with Crippen molar-refractivity contribution in [1.82, 2.24) is 14.5 Å². The quantitative estimate of drug-likeness (QED) is 0.800. The summed E-state index contributed by atoms with van der Waals surface area (Å²) in [5.74, 6) is 0. The number of hydrogen-bond acceptors (Lipinski definition) is 3.